The molecule has 0 atom stereocenters. The molecule has 116 valence electrons. The average molecular weight is 328 g/mol. The summed E-state index contributed by atoms with van der Waals surface area (Å²) in [6, 6.07) is 13.0. The normalized spacial score (nSPS) is 10.5. The van der Waals surface area contributed by atoms with Gasteiger partial charge in [-0.1, -0.05) is 35.9 Å². The lowest BCUT2D eigenvalue weighted by Gasteiger charge is -2.04. The maximum atomic E-state index is 12.0. The molecule has 0 saturated heterocycles. The zero-order valence-corrected chi connectivity index (χ0v) is 13.0. The van der Waals surface area contributed by atoms with Crippen molar-refractivity contribution >= 4 is 17.6 Å². The molecule has 23 heavy (non-hydrogen) atoms. The average Bonchev–Trinajstić information content (AvgIpc) is 3.04. The van der Waals surface area contributed by atoms with E-state index in [0.29, 0.717) is 22.8 Å². The van der Waals surface area contributed by atoms with Crippen LogP contribution in [-0.4, -0.2) is 20.7 Å². The lowest BCUT2D eigenvalue weighted by molar-refractivity contribution is 0.0467. The number of hydrogen-bond acceptors (Lipinski definition) is 4. The van der Waals surface area contributed by atoms with Crippen LogP contribution in [0.15, 0.2) is 61.1 Å². The second-order valence-corrected chi connectivity index (χ2v) is 5.32. The zero-order chi connectivity index (χ0) is 16.1. The zero-order valence-electron chi connectivity index (χ0n) is 12.2. The van der Waals surface area contributed by atoms with Gasteiger partial charge in [0.1, 0.15) is 6.61 Å². The molecule has 0 aliphatic carbocycles. The van der Waals surface area contributed by atoms with Crippen molar-refractivity contribution in [1.29, 1.82) is 0 Å². The summed E-state index contributed by atoms with van der Waals surface area (Å²) in [5, 5.41) is 4.84. The van der Waals surface area contributed by atoms with E-state index in [9.17, 15) is 4.79 Å². The number of aromatic nitrogens is 3. The Morgan fingerprint density at radius 2 is 2.00 bits per heavy atom. The maximum Gasteiger partial charge on any atom is 0.341 e. The molecule has 6 heteroatoms. The summed E-state index contributed by atoms with van der Waals surface area (Å²) in [6.07, 6.45) is 4.78. The number of hydrogen-bond donors (Lipinski definition) is 0. The highest BCUT2D eigenvalue weighted by Crippen LogP contribution is 2.16. The fourth-order valence-electron chi connectivity index (χ4n) is 2.06. The molecule has 0 spiro atoms. The molecule has 0 N–H and O–H groups in total. The van der Waals surface area contributed by atoms with Gasteiger partial charge in [0, 0.05) is 17.4 Å². The van der Waals surface area contributed by atoms with E-state index in [1.165, 1.54) is 6.20 Å². The van der Waals surface area contributed by atoms with Crippen LogP contribution in [0.25, 0.3) is 0 Å². The van der Waals surface area contributed by atoms with Crippen LogP contribution in [0.1, 0.15) is 21.6 Å². The van der Waals surface area contributed by atoms with Crippen molar-refractivity contribution in [3.8, 4) is 0 Å². The van der Waals surface area contributed by atoms with E-state index in [0.717, 1.165) is 5.56 Å². The van der Waals surface area contributed by atoms with Crippen LogP contribution in [0.2, 0.25) is 5.02 Å². The molecule has 0 amide bonds. The number of ether oxygens (including phenoxy) is 1. The Hall–Kier alpha value is -2.66. The van der Waals surface area contributed by atoms with Crippen LogP contribution in [0.3, 0.4) is 0 Å². The Kier molecular flexibility index (Phi) is 4.68. The lowest BCUT2D eigenvalue weighted by atomic mass is 10.2. The number of benzene rings is 1. The molecule has 0 saturated carbocycles. The predicted octanol–water partition coefficient (Wildman–Crippen LogP) is 3.34. The number of carbonyl (C=O) groups is 1. The van der Waals surface area contributed by atoms with Crippen molar-refractivity contribution in [2.45, 2.75) is 13.2 Å². The van der Waals surface area contributed by atoms with Gasteiger partial charge in [-0.3, -0.25) is 9.67 Å². The lowest BCUT2D eigenvalue weighted by Crippen LogP contribution is -2.05. The van der Waals surface area contributed by atoms with Crippen LogP contribution in [0.5, 0.6) is 0 Å². The first-order chi connectivity index (χ1) is 11.2. The van der Waals surface area contributed by atoms with Gasteiger partial charge in [0.25, 0.3) is 0 Å². The minimum Gasteiger partial charge on any atom is -0.455 e. The topological polar surface area (TPSA) is 57.0 Å². The molecule has 0 bridgehead atoms. The fraction of sp³-hybridized carbons (Fsp3) is 0.118. The second kappa shape index (κ2) is 7.07. The predicted molar refractivity (Wildman–Crippen MR) is 86.1 cm³/mol. The molecule has 2 heterocycles. The standard InChI is InChI=1S/C17H14ClN3O2/c18-16-7-2-1-5-13(16)10-21-11-14(9-20-21)17(22)23-12-15-6-3-4-8-19-15/h1-9,11H,10,12H2. The Morgan fingerprint density at radius 3 is 2.78 bits per heavy atom. The molecule has 0 fully saturated rings. The third kappa shape index (κ3) is 3.96. The van der Waals surface area contributed by atoms with E-state index in [1.54, 1.807) is 23.1 Å². The summed E-state index contributed by atoms with van der Waals surface area (Å²) in [6.45, 7) is 0.628. The smallest absolute Gasteiger partial charge is 0.341 e. The Labute approximate surface area is 138 Å². The monoisotopic (exact) mass is 327 g/mol. The quantitative estimate of drug-likeness (QED) is 0.674. The second-order valence-electron chi connectivity index (χ2n) is 4.92. The van der Waals surface area contributed by atoms with Crippen molar-refractivity contribution in [3.05, 3.63) is 82.9 Å². The third-order valence-corrected chi connectivity index (χ3v) is 3.61. The van der Waals surface area contributed by atoms with Gasteiger partial charge in [0.05, 0.1) is 24.0 Å². The van der Waals surface area contributed by atoms with Gasteiger partial charge in [-0.25, -0.2) is 4.79 Å². The number of nitrogens with zero attached hydrogens (tertiary/aromatic N) is 3. The first-order valence-electron chi connectivity index (χ1n) is 7.05. The summed E-state index contributed by atoms with van der Waals surface area (Å²) in [5.41, 5.74) is 2.03. The largest absolute Gasteiger partial charge is 0.455 e. The Morgan fingerprint density at radius 1 is 1.17 bits per heavy atom. The number of carbonyl (C=O) groups excluding carboxylic acids is 1. The minimum atomic E-state index is -0.430. The molecule has 0 unspecified atom stereocenters. The van der Waals surface area contributed by atoms with Crippen LogP contribution < -0.4 is 0 Å². The van der Waals surface area contributed by atoms with Gasteiger partial charge in [-0.05, 0) is 23.8 Å². The third-order valence-electron chi connectivity index (χ3n) is 3.24. The van der Waals surface area contributed by atoms with Gasteiger partial charge in [-0.15, -0.1) is 0 Å². The van der Waals surface area contributed by atoms with Crippen LogP contribution in [-0.2, 0) is 17.9 Å². The maximum absolute atomic E-state index is 12.0. The molecular weight excluding hydrogens is 314 g/mol. The van der Waals surface area contributed by atoms with Gasteiger partial charge in [0.15, 0.2) is 0 Å². The van der Waals surface area contributed by atoms with E-state index < -0.39 is 5.97 Å². The van der Waals surface area contributed by atoms with Crippen molar-refractivity contribution in [2.75, 3.05) is 0 Å². The molecule has 5 nitrogen and oxygen atoms in total. The van der Waals surface area contributed by atoms with Crippen molar-refractivity contribution < 1.29 is 9.53 Å². The van der Waals surface area contributed by atoms with Crippen molar-refractivity contribution in [3.63, 3.8) is 0 Å². The number of halogens is 1. The highest BCUT2D eigenvalue weighted by atomic mass is 35.5. The highest BCUT2D eigenvalue weighted by Gasteiger charge is 2.11. The van der Waals surface area contributed by atoms with E-state index in [1.807, 2.05) is 36.4 Å². The number of rotatable bonds is 5. The highest BCUT2D eigenvalue weighted by molar-refractivity contribution is 6.31. The van der Waals surface area contributed by atoms with Crippen LogP contribution in [0, 0.1) is 0 Å². The first kappa shape index (κ1) is 15.2. The van der Waals surface area contributed by atoms with E-state index >= 15 is 0 Å². The number of esters is 1. The van der Waals surface area contributed by atoms with E-state index in [2.05, 4.69) is 10.1 Å². The summed E-state index contributed by atoms with van der Waals surface area (Å²) < 4.78 is 6.87. The van der Waals surface area contributed by atoms with Crippen LogP contribution >= 0.6 is 11.6 Å². The summed E-state index contributed by atoms with van der Waals surface area (Å²) in [4.78, 5) is 16.1. The molecular formula is C17H14ClN3O2. The molecule has 1 aromatic carbocycles. The van der Waals surface area contributed by atoms with Crippen molar-refractivity contribution in [2.24, 2.45) is 0 Å². The molecule has 0 aliphatic rings. The fourth-order valence-corrected chi connectivity index (χ4v) is 2.26. The molecule has 3 aromatic rings. The SMILES string of the molecule is O=C(OCc1ccccn1)c1cnn(Cc2ccccc2Cl)c1. The van der Waals surface area contributed by atoms with Gasteiger partial charge in [0.2, 0.25) is 0 Å². The van der Waals surface area contributed by atoms with Gasteiger partial charge >= 0.3 is 5.97 Å². The molecule has 0 aliphatic heterocycles. The molecule has 0 radical (unpaired) electrons. The number of pyridine rings is 1. The molecule has 3 rings (SSSR count). The van der Waals surface area contributed by atoms with Crippen molar-refractivity contribution in [1.82, 2.24) is 14.8 Å². The van der Waals surface area contributed by atoms with Gasteiger partial charge in [-0.2, -0.15) is 5.10 Å². The van der Waals surface area contributed by atoms with Gasteiger partial charge < -0.3 is 4.74 Å². The Balaban J connectivity index is 1.62. The van der Waals surface area contributed by atoms with E-state index in [-0.39, 0.29) is 6.61 Å². The Bertz CT molecular complexity index is 802. The first-order valence-corrected chi connectivity index (χ1v) is 7.43. The minimum absolute atomic E-state index is 0.134. The summed E-state index contributed by atoms with van der Waals surface area (Å²) in [7, 11) is 0. The summed E-state index contributed by atoms with van der Waals surface area (Å²) in [5.74, 6) is -0.430. The van der Waals surface area contributed by atoms with E-state index in [4.69, 9.17) is 16.3 Å². The van der Waals surface area contributed by atoms with Crippen LogP contribution in [0.4, 0.5) is 0 Å². The molecule has 2 aromatic heterocycles. The summed E-state index contributed by atoms with van der Waals surface area (Å²) >= 11 is 6.12.